The van der Waals surface area contributed by atoms with Gasteiger partial charge in [0.25, 0.3) is 0 Å². The van der Waals surface area contributed by atoms with Crippen molar-refractivity contribution in [3.63, 3.8) is 0 Å². The standard InChI is InChI=1S/C19H14BrF3N4O2/c1-10-13-6-4-12(9-16(13)28-17(10)18-24-26-27-25-18)3-2-11-5-7-15(14(20)8-11)29-19(21,22)23/h4-9H,2-3H2,1H3,(H,24,25,26,27). The number of aryl methyl sites for hydroxylation is 3. The lowest BCUT2D eigenvalue weighted by Crippen LogP contribution is -2.17. The summed E-state index contributed by atoms with van der Waals surface area (Å²) < 4.78 is 47.2. The van der Waals surface area contributed by atoms with E-state index in [0.29, 0.717) is 24.4 Å². The van der Waals surface area contributed by atoms with Gasteiger partial charge in [0.1, 0.15) is 11.3 Å². The van der Waals surface area contributed by atoms with E-state index >= 15 is 0 Å². The van der Waals surface area contributed by atoms with Crippen LogP contribution in [0.1, 0.15) is 16.7 Å². The quantitative estimate of drug-likeness (QED) is 0.427. The maximum absolute atomic E-state index is 12.4. The van der Waals surface area contributed by atoms with Crippen molar-refractivity contribution in [3.8, 4) is 17.3 Å². The Morgan fingerprint density at radius 1 is 1.10 bits per heavy atom. The first-order valence-corrected chi connectivity index (χ1v) is 9.39. The van der Waals surface area contributed by atoms with Crippen LogP contribution in [0.4, 0.5) is 13.2 Å². The lowest BCUT2D eigenvalue weighted by Gasteiger charge is -2.11. The zero-order chi connectivity index (χ0) is 20.6. The molecule has 150 valence electrons. The van der Waals surface area contributed by atoms with Gasteiger partial charge in [-0.2, -0.15) is 5.21 Å². The highest BCUT2D eigenvalue weighted by atomic mass is 79.9. The molecule has 29 heavy (non-hydrogen) atoms. The van der Waals surface area contributed by atoms with E-state index in [9.17, 15) is 13.2 Å². The van der Waals surface area contributed by atoms with Gasteiger partial charge in [-0.25, -0.2) is 0 Å². The number of benzene rings is 2. The van der Waals surface area contributed by atoms with Crippen molar-refractivity contribution in [2.24, 2.45) is 0 Å². The van der Waals surface area contributed by atoms with Gasteiger partial charge in [-0.3, -0.25) is 0 Å². The van der Waals surface area contributed by atoms with Crippen molar-refractivity contribution in [3.05, 3.63) is 57.6 Å². The molecule has 0 aliphatic heterocycles. The van der Waals surface area contributed by atoms with Crippen LogP contribution < -0.4 is 4.74 Å². The highest BCUT2D eigenvalue weighted by molar-refractivity contribution is 9.10. The van der Waals surface area contributed by atoms with Crippen molar-refractivity contribution in [1.82, 2.24) is 20.6 Å². The maximum atomic E-state index is 12.4. The normalized spacial score (nSPS) is 11.9. The number of hydrogen-bond acceptors (Lipinski definition) is 5. The average molecular weight is 467 g/mol. The van der Waals surface area contributed by atoms with Gasteiger partial charge in [0.05, 0.1) is 4.47 Å². The van der Waals surface area contributed by atoms with Crippen LogP contribution in [0.5, 0.6) is 5.75 Å². The Morgan fingerprint density at radius 2 is 1.83 bits per heavy atom. The first-order chi connectivity index (χ1) is 13.8. The molecule has 2 aromatic carbocycles. The summed E-state index contributed by atoms with van der Waals surface area (Å²) in [6, 6.07) is 10.5. The molecule has 0 fully saturated rings. The number of ether oxygens (including phenoxy) is 1. The van der Waals surface area contributed by atoms with E-state index in [1.165, 1.54) is 6.07 Å². The molecule has 4 rings (SSSR count). The van der Waals surface area contributed by atoms with E-state index in [-0.39, 0.29) is 10.2 Å². The lowest BCUT2D eigenvalue weighted by molar-refractivity contribution is -0.274. The summed E-state index contributed by atoms with van der Waals surface area (Å²) in [7, 11) is 0. The SMILES string of the molecule is Cc1c(-c2nn[nH]n2)oc2cc(CCc3ccc(OC(F)(F)F)c(Br)c3)ccc12. The minimum Gasteiger partial charge on any atom is -0.452 e. The summed E-state index contributed by atoms with van der Waals surface area (Å²) in [4.78, 5) is 0. The first kappa shape index (κ1) is 19.4. The topological polar surface area (TPSA) is 76.8 Å². The van der Waals surface area contributed by atoms with E-state index in [0.717, 1.165) is 27.7 Å². The van der Waals surface area contributed by atoms with Crippen LogP contribution in [0.2, 0.25) is 0 Å². The molecule has 0 atom stereocenters. The van der Waals surface area contributed by atoms with E-state index in [4.69, 9.17) is 4.42 Å². The fourth-order valence-electron chi connectivity index (χ4n) is 3.09. The number of furan rings is 1. The predicted octanol–water partition coefficient (Wildman–Crippen LogP) is 5.37. The van der Waals surface area contributed by atoms with Crippen LogP contribution >= 0.6 is 15.9 Å². The second-order valence-corrected chi connectivity index (χ2v) is 7.29. The highest BCUT2D eigenvalue weighted by Crippen LogP contribution is 2.33. The van der Waals surface area contributed by atoms with E-state index in [2.05, 4.69) is 41.3 Å². The summed E-state index contributed by atoms with van der Waals surface area (Å²) in [5, 5.41) is 14.8. The lowest BCUT2D eigenvalue weighted by atomic mass is 10.0. The molecule has 0 bridgehead atoms. The molecule has 6 nitrogen and oxygen atoms in total. The number of aromatic nitrogens is 4. The van der Waals surface area contributed by atoms with Gasteiger partial charge in [-0.1, -0.05) is 18.2 Å². The number of fused-ring (bicyclic) bond motifs is 1. The van der Waals surface area contributed by atoms with Gasteiger partial charge in [0.15, 0.2) is 5.76 Å². The minimum atomic E-state index is -4.72. The summed E-state index contributed by atoms with van der Waals surface area (Å²) in [5.41, 5.74) is 3.57. The molecule has 2 aromatic heterocycles. The molecule has 4 aromatic rings. The van der Waals surface area contributed by atoms with Crippen LogP contribution in [-0.4, -0.2) is 27.0 Å². The van der Waals surface area contributed by atoms with Crippen LogP contribution in [0.3, 0.4) is 0 Å². The summed E-state index contributed by atoms with van der Waals surface area (Å²) in [5.74, 6) is 0.698. The number of nitrogens with zero attached hydrogens (tertiary/aromatic N) is 3. The van der Waals surface area contributed by atoms with Gasteiger partial charge in [-0.15, -0.1) is 23.4 Å². The number of halogens is 4. The molecule has 0 radical (unpaired) electrons. The fraction of sp³-hybridized carbons (Fsp3) is 0.211. The Bertz CT molecular complexity index is 1160. The van der Waals surface area contributed by atoms with Crippen LogP contribution in [-0.2, 0) is 12.8 Å². The number of tetrazole rings is 1. The van der Waals surface area contributed by atoms with Crippen molar-refractivity contribution in [2.45, 2.75) is 26.1 Å². The smallest absolute Gasteiger partial charge is 0.452 e. The third-order valence-electron chi connectivity index (χ3n) is 4.48. The second-order valence-electron chi connectivity index (χ2n) is 6.43. The van der Waals surface area contributed by atoms with Gasteiger partial charge in [-0.05, 0) is 70.2 Å². The largest absolute Gasteiger partial charge is 0.573 e. The maximum Gasteiger partial charge on any atom is 0.573 e. The predicted molar refractivity (Wildman–Crippen MR) is 102 cm³/mol. The molecule has 0 saturated carbocycles. The van der Waals surface area contributed by atoms with E-state index in [1.807, 2.05) is 25.1 Å². The molecule has 0 spiro atoms. The number of aromatic amines is 1. The van der Waals surface area contributed by atoms with Crippen molar-refractivity contribution < 1.29 is 22.3 Å². The molecule has 2 heterocycles. The molecule has 10 heteroatoms. The Hall–Kier alpha value is -2.88. The first-order valence-electron chi connectivity index (χ1n) is 8.60. The van der Waals surface area contributed by atoms with E-state index in [1.54, 1.807) is 12.1 Å². The summed E-state index contributed by atoms with van der Waals surface area (Å²) in [6.45, 7) is 1.93. The van der Waals surface area contributed by atoms with Crippen LogP contribution in [0, 0.1) is 6.92 Å². The molecule has 1 N–H and O–H groups in total. The van der Waals surface area contributed by atoms with Crippen LogP contribution in [0.25, 0.3) is 22.6 Å². The van der Waals surface area contributed by atoms with Crippen LogP contribution in [0.15, 0.2) is 45.3 Å². The van der Waals surface area contributed by atoms with Crippen molar-refractivity contribution >= 4 is 26.9 Å². The van der Waals surface area contributed by atoms with Gasteiger partial charge >= 0.3 is 6.36 Å². The van der Waals surface area contributed by atoms with Gasteiger partial charge in [0.2, 0.25) is 5.82 Å². The summed E-state index contributed by atoms with van der Waals surface area (Å²) >= 11 is 3.13. The average Bonchev–Trinajstić information content (AvgIpc) is 3.29. The molecular weight excluding hydrogens is 453 g/mol. The molecular formula is C19H14BrF3N4O2. The summed E-state index contributed by atoms with van der Waals surface area (Å²) in [6.07, 6.45) is -3.38. The zero-order valence-corrected chi connectivity index (χ0v) is 16.6. The van der Waals surface area contributed by atoms with Gasteiger partial charge < -0.3 is 9.15 Å². The Kier molecular flexibility index (Phi) is 5.03. The number of alkyl halides is 3. The Labute approximate surface area is 171 Å². The molecule has 0 aliphatic rings. The number of rotatable bonds is 5. The Balaban J connectivity index is 1.51. The molecule has 0 saturated heterocycles. The fourth-order valence-corrected chi connectivity index (χ4v) is 3.60. The molecule has 0 aliphatic carbocycles. The minimum absolute atomic E-state index is 0.259. The van der Waals surface area contributed by atoms with Crippen molar-refractivity contribution in [1.29, 1.82) is 0 Å². The second kappa shape index (κ2) is 7.51. The molecule has 0 amide bonds. The number of H-pyrrole nitrogens is 1. The highest BCUT2D eigenvalue weighted by Gasteiger charge is 2.31. The van der Waals surface area contributed by atoms with Gasteiger partial charge in [0, 0.05) is 10.9 Å². The van der Waals surface area contributed by atoms with E-state index < -0.39 is 6.36 Å². The molecule has 0 unspecified atom stereocenters. The third-order valence-corrected chi connectivity index (χ3v) is 5.10. The number of nitrogens with one attached hydrogen (secondary N) is 1. The Morgan fingerprint density at radius 3 is 2.48 bits per heavy atom. The zero-order valence-electron chi connectivity index (χ0n) is 15.0. The number of hydrogen-bond donors (Lipinski definition) is 1. The van der Waals surface area contributed by atoms with Crippen molar-refractivity contribution in [2.75, 3.05) is 0 Å². The third kappa shape index (κ3) is 4.26. The monoisotopic (exact) mass is 466 g/mol.